The van der Waals surface area contributed by atoms with Gasteiger partial charge in [-0.1, -0.05) is 6.92 Å². The number of nitrogens with zero attached hydrogens (tertiary/aromatic N) is 4. The maximum absolute atomic E-state index is 12.9. The van der Waals surface area contributed by atoms with E-state index in [2.05, 4.69) is 16.9 Å². The maximum atomic E-state index is 12.9. The van der Waals surface area contributed by atoms with Gasteiger partial charge in [0.05, 0.1) is 11.5 Å². The quantitative estimate of drug-likeness (QED) is 0.803. The molecular formula is C17H26N4O3S. The zero-order valence-electron chi connectivity index (χ0n) is 14.9. The molecule has 2 aliphatic rings. The summed E-state index contributed by atoms with van der Waals surface area (Å²) in [6.45, 7) is 2.88. The Morgan fingerprint density at radius 2 is 2.16 bits per heavy atom. The molecule has 7 nitrogen and oxygen atoms in total. The molecule has 25 heavy (non-hydrogen) atoms. The predicted molar refractivity (Wildman–Crippen MR) is 96.5 cm³/mol. The summed E-state index contributed by atoms with van der Waals surface area (Å²) in [5, 5.41) is 0. The number of sulfone groups is 1. The molecule has 0 bridgehead atoms. The molecule has 1 aromatic heterocycles. The van der Waals surface area contributed by atoms with E-state index in [4.69, 9.17) is 0 Å². The first-order valence-corrected chi connectivity index (χ1v) is 10.8. The van der Waals surface area contributed by atoms with Gasteiger partial charge in [0.1, 0.15) is 5.69 Å². The molecule has 2 aliphatic heterocycles. The van der Waals surface area contributed by atoms with Gasteiger partial charge in [-0.15, -0.1) is 0 Å². The maximum Gasteiger partial charge on any atom is 0.272 e. The highest BCUT2D eigenvalue weighted by Gasteiger charge is 2.32. The van der Waals surface area contributed by atoms with E-state index in [1.807, 2.05) is 4.90 Å². The van der Waals surface area contributed by atoms with Crippen LogP contribution in [0.15, 0.2) is 12.3 Å². The Morgan fingerprint density at radius 1 is 1.36 bits per heavy atom. The van der Waals surface area contributed by atoms with E-state index in [-0.39, 0.29) is 29.5 Å². The monoisotopic (exact) mass is 366 g/mol. The number of carbonyl (C=O) groups is 1. The summed E-state index contributed by atoms with van der Waals surface area (Å²) in [4.78, 5) is 25.3. The number of amides is 1. The van der Waals surface area contributed by atoms with Gasteiger partial charge in [0.2, 0.25) is 5.95 Å². The third-order valence-corrected chi connectivity index (χ3v) is 7.04. The summed E-state index contributed by atoms with van der Waals surface area (Å²) in [6, 6.07) is 1.79. The van der Waals surface area contributed by atoms with Crippen molar-refractivity contribution in [2.75, 3.05) is 30.0 Å². The summed E-state index contributed by atoms with van der Waals surface area (Å²) in [5.41, 5.74) is 0.387. The largest absolute Gasteiger partial charge is 0.340 e. The van der Waals surface area contributed by atoms with Crippen molar-refractivity contribution in [1.29, 1.82) is 0 Å². The van der Waals surface area contributed by atoms with E-state index < -0.39 is 9.84 Å². The number of piperidine rings is 1. The summed E-state index contributed by atoms with van der Waals surface area (Å²) >= 11 is 0. The number of aromatic nitrogens is 2. The van der Waals surface area contributed by atoms with E-state index in [0.29, 0.717) is 18.1 Å². The molecule has 0 aliphatic carbocycles. The Bertz CT molecular complexity index is 737. The summed E-state index contributed by atoms with van der Waals surface area (Å²) in [7, 11) is -1.18. The second kappa shape index (κ2) is 7.27. The van der Waals surface area contributed by atoms with Gasteiger partial charge in [-0.2, -0.15) is 0 Å². The molecular weight excluding hydrogens is 340 g/mol. The smallest absolute Gasteiger partial charge is 0.272 e. The highest BCUT2D eigenvalue weighted by molar-refractivity contribution is 7.91. The zero-order valence-corrected chi connectivity index (χ0v) is 15.7. The molecule has 3 heterocycles. The van der Waals surface area contributed by atoms with Crippen molar-refractivity contribution in [2.24, 2.45) is 0 Å². The van der Waals surface area contributed by atoms with Crippen molar-refractivity contribution in [2.45, 2.75) is 51.1 Å². The average Bonchev–Trinajstić information content (AvgIpc) is 3.00. The van der Waals surface area contributed by atoms with Gasteiger partial charge in [-0.25, -0.2) is 18.4 Å². The first kappa shape index (κ1) is 18.1. The fourth-order valence-corrected chi connectivity index (χ4v) is 5.50. The molecule has 3 rings (SSSR count). The third kappa shape index (κ3) is 3.94. The number of likely N-dealkylation sites (tertiary alicyclic amines) is 1. The lowest BCUT2D eigenvalue weighted by Gasteiger charge is -2.35. The molecule has 2 atom stereocenters. The van der Waals surface area contributed by atoms with Crippen LogP contribution in [-0.2, 0) is 9.84 Å². The Balaban J connectivity index is 1.78. The second-order valence-electron chi connectivity index (χ2n) is 6.97. The van der Waals surface area contributed by atoms with Crippen molar-refractivity contribution >= 4 is 21.7 Å². The molecule has 2 saturated heterocycles. The van der Waals surface area contributed by atoms with Gasteiger partial charge in [0.15, 0.2) is 9.84 Å². The lowest BCUT2D eigenvalue weighted by atomic mass is 9.99. The zero-order chi connectivity index (χ0) is 18.0. The first-order valence-electron chi connectivity index (χ1n) is 8.98. The molecule has 0 spiro atoms. The van der Waals surface area contributed by atoms with Gasteiger partial charge in [0, 0.05) is 31.9 Å². The van der Waals surface area contributed by atoms with Crippen molar-refractivity contribution in [3.63, 3.8) is 0 Å². The van der Waals surface area contributed by atoms with E-state index in [1.54, 1.807) is 24.2 Å². The second-order valence-corrected chi connectivity index (χ2v) is 9.19. The summed E-state index contributed by atoms with van der Waals surface area (Å²) < 4.78 is 23.4. The van der Waals surface area contributed by atoms with E-state index in [9.17, 15) is 13.2 Å². The number of rotatable bonds is 4. The van der Waals surface area contributed by atoms with Crippen LogP contribution in [0, 0.1) is 0 Å². The molecule has 2 unspecified atom stereocenters. The molecule has 1 amide bonds. The highest BCUT2D eigenvalue weighted by Crippen LogP contribution is 2.23. The average molecular weight is 366 g/mol. The van der Waals surface area contributed by atoms with Crippen molar-refractivity contribution in [3.05, 3.63) is 18.0 Å². The van der Waals surface area contributed by atoms with Crippen LogP contribution in [0.3, 0.4) is 0 Å². The minimum absolute atomic E-state index is 0.0531. The molecule has 138 valence electrons. The molecule has 0 aromatic carbocycles. The molecule has 0 radical (unpaired) electrons. The molecule has 1 aromatic rings. The van der Waals surface area contributed by atoms with Crippen molar-refractivity contribution < 1.29 is 13.2 Å². The summed E-state index contributed by atoms with van der Waals surface area (Å²) in [5.74, 6) is 0.683. The van der Waals surface area contributed by atoms with Crippen LogP contribution in [0.2, 0.25) is 0 Å². The Kier molecular flexibility index (Phi) is 5.27. The van der Waals surface area contributed by atoms with Crippen LogP contribution in [0.25, 0.3) is 0 Å². The molecule has 0 N–H and O–H groups in total. The van der Waals surface area contributed by atoms with Crippen molar-refractivity contribution in [3.8, 4) is 0 Å². The summed E-state index contributed by atoms with van der Waals surface area (Å²) in [6.07, 6.45) is 6.34. The fraction of sp³-hybridized carbons (Fsp3) is 0.706. The Morgan fingerprint density at radius 3 is 2.84 bits per heavy atom. The van der Waals surface area contributed by atoms with Crippen LogP contribution in [0.4, 0.5) is 5.95 Å². The van der Waals surface area contributed by atoms with Crippen LogP contribution >= 0.6 is 0 Å². The predicted octanol–water partition coefficient (Wildman–Crippen LogP) is 1.50. The normalized spacial score (nSPS) is 25.8. The van der Waals surface area contributed by atoms with Crippen LogP contribution in [0.1, 0.15) is 49.5 Å². The van der Waals surface area contributed by atoms with Crippen LogP contribution in [-0.4, -0.2) is 66.4 Å². The molecule has 2 fully saturated rings. The van der Waals surface area contributed by atoms with Gasteiger partial charge in [-0.3, -0.25) is 4.79 Å². The Hall–Kier alpha value is -1.70. The van der Waals surface area contributed by atoms with Crippen LogP contribution < -0.4 is 4.90 Å². The van der Waals surface area contributed by atoms with E-state index in [1.165, 1.54) is 0 Å². The fourth-order valence-electron chi connectivity index (χ4n) is 3.72. The number of carbonyl (C=O) groups excluding carboxylic acids is 1. The van der Waals surface area contributed by atoms with Gasteiger partial charge in [-0.05, 0) is 38.2 Å². The van der Waals surface area contributed by atoms with Crippen molar-refractivity contribution in [1.82, 2.24) is 14.9 Å². The first-order chi connectivity index (χ1) is 11.9. The minimum Gasteiger partial charge on any atom is -0.340 e. The van der Waals surface area contributed by atoms with Crippen LogP contribution in [0.5, 0.6) is 0 Å². The lowest BCUT2D eigenvalue weighted by molar-refractivity contribution is 0.0602. The highest BCUT2D eigenvalue weighted by atomic mass is 32.2. The lowest BCUT2D eigenvalue weighted by Crippen LogP contribution is -2.44. The SMILES string of the molecule is CCC1CCCCN1C(=O)c1ccnc(N(C)C2CCS(=O)(=O)C2)n1. The van der Waals surface area contributed by atoms with Gasteiger partial charge < -0.3 is 9.80 Å². The molecule has 0 saturated carbocycles. The number of anilines is 1. The van der Waals surface area contributed by atoms with Gasteiger partial charge >= 0.3 is 0 Å². The molecule has 8 heteroatoms. The number of hydrogen-bond donors (Lipinski definition) is 0. The number of hydrogen-bond acceptors (Lipinski definition) is 6. The third-order valence-electron chi connectivity index (χ3n) is 5.29. The topological polar surface area (TPSA) is 83.5 Å². The Labute approximate surface area is 149 Å². The van der Waals surface area contributed by atoms with E-state index in [0.717, 1.165) is 32.2 Å². The van der Waals surface area contributed by atoms with Gasteiger partial charge in [0.25, 0.3) is 5.91 Å². The van der Waals surface area contributed by atoms with E-state index >= 15 is 0 Å². The minimum atomic E-state index is -2.98. The standard InChI is InChI=1S/C17H26N4O3S/c1-3-13-6-4-5-10-21(13)16(22)15-7-9-18-17(19-15)20(2)14-8-11-25(23,24)12-14/h7,9,13-14H,3-6,8,10-12H2,1-2H3.